The Kier molecular flexibility index (Phi) is 5.41. The molecule has 1 aromatic carbocycles. The zero-order valence-corrected chi connectivity index (χ0v) is 19.9. The van der Waals surface area contributed by atoms with E-state index in [-0.39, 0.29) is 24.9 Å². The predicted octanol–water partition coefficient (Wildman–Crippen LogP) is 4.33. The fraction of sp³-hybridized carbons (Fsp3) is 0.417. The summed E-state index contributed by atoms with van der Waals surface area (Å²) >= 11 is 1.53. The zero-order valence-electron chi connectivity index (χ0n) is 19.1. The van der Waals surface area contributed by atoms with Gasteiger partial charge in [0.2, 0.25) is 5.91 Å². The van der Waals surface area contributed by atoms with Crippen LogP contribution in [-0.4, -0.2) is 60.9 Å². The third-order valence-corrected chi connectivity index (χ3v) is 8.49. The summed E-state index contributed by atoms with van der Waals surface area (Å²) in [6.07, 6.45) is -0.600. The lowest BCUT2D eigenvalue weighted by Crippen LogP contribution is -2.55. The van der Waals surface area contributed by atoms with Crippen molar-refractivity contribution < 1.29 is 23.1 Å². The molecule has 8 nitrogen and oxygen atoms in total. The zero-order chi connectivity index (χ0) is 25.1. The number of aromatic amines is 1. The van der Waals surface area contributed by atoms with E-state index in [1.54, 1.807) is 6.20 Å². The number of carbonyl (C=O) groups is 1. The van der Waals surface area contributed by atoms with Gasteiger partial charge in [0.05, 0.1) is 17.1 Å². The molecule has 1 atom stereocenters. The SMILES string of the molecule is O=C(C1CCc2c(sc3ncnc(Nc4ccc5[nH]ncc5c4)c23)C1)N1CCC(O)(C(F)(F)F)CC1. The number of aryl methyl sites for hydroxylation is 1. The summed E-state index contributed by atoms with van der Waals surface area (Å²) in [5.74, 6) is 0.267. The molecule has 36 heavy (non-hydrogen) atoms. The maximum Gasteiger partial charge on any atom is 0.417 e. The number of fused-ring (bicyclic) bond motifs is 4. The standard InChI is InChI=1S/C24H23F3N6O2S/c25-24(26,27)23(35)5-7-33(8-6-23)22(34)13-1-3-16-18(10-13)36-21-19(16)20(28-12-29-21)31-15-2-4-17-14(9-15)11-30-32-17/h2,4,9,11-13,35H,1,3,5-8,10H2,(H,30,32)(H,28,29,31). The van der Waals surface area contributed by atoms with Gasteiger partial charge in [-0.05, 0) is 43.0 Å². The third kappa shape index (κ3) is 3.88. The van der Waals surface area contributed by atoms with Crippen molar-refractivity contribution in [2.24, 2.45) is 5.92 Å². The van der Waals surface area contributed by atoms with E-state index >= 15 is 0 Å². The molecular weight excluding hydrogens is 493 g/mol. The van der Waals surface area contributed by atoms with E-state index in [0.717, 1.165) is 37.2 Å². The summed E-state index contributed by atoms with van der Waals surface area (Å²) in [4.78, 5) is 25.5. The van der Waals surface area contributed by atoms with Crippen LogP contribution in [0.5, 0.6) is 0 Å². The number of hydrogen-bond donors (Lipinski definition) is 3. The summed E-state index contributed by atoms with van der Waals surface area (Å²) in [5, 5.41) is 22.2. The Bertz CT molecular complexity index is 1460. The third-order valence-electron chi connectivity index (χ3n) is 7.33. The number of halogens is 3. The fourth-order valence-corrected chi connectivity index (χ4v) is 6.48. The number of piperidine rings is 1. The lowest BCUT2D eigenvalue weighted by molar-refractivity contribution is -0.272. The number of aliphatic hydroxyl groups is 1. The smallest absolute Gasteiger partial charge is 0.380 e. The minimum absolute atomic E-state index is 0.0921. The van der Waals surface area contributed by atoms with Gasteiger partial charge in [-0.25, -0.2) is 9.97 Å². The Hall–Kier alpha value is -3.25. The lowest BCUT2D eigenvalue weighted by Gasteiger charge is -2.40. The summed E-state index contributed by atoms with van der Waals surface area (Å²) in [7, 11) is 0. The highest BCUT2D eigenvalue weighted by Crippen LogP contribution is 2.42. The lowest BCUT2D eigenvalue weighted by atomic mass is 9.85. The number of carbonyl (C=O) groups excluding carboxylic acids is 1. The van der Waals surface area contributed by atoms with Crippen LogP contribution < -0.4 is 5.32 Å². The van der Waals surface area contributed by atoms with Crippen LogP contribution in [0, 0.1) is 5.92 Å². The van der Waals surface area contributed by atoms with Crippen molar-refractivity contribution in [1.29, 1.82) is 0 Å². The molecule has 4 aromatic rings. The number of aromatic nitrogens is 4. The molecule has 1 aliphatic heterocycles. The molecule has 0 spiro atoms. The topological polar surface area (TPSA) is 107 Å². The van der Waals surface area contributed by atoms with Gasteiger partial charge in [0, 0.05) is 47.8 Å². The van der Waals surface area contributed by atoms with Crippen LogP contribution in [-0.2, 0) is 17.6 Å². The summed E-state index contributed by atoms with van der Waals surface area (Å²) < 4.78 is 39.4. The number of H-pyrrole nitrogens is 1. The van der Waals surface area contributed by atoms with Crippen molar-refractivity contribution in [3.8, 4) is 0 Å². The van der Waals surface area contributed by atoms with Crippen LogP contribution in [0.1, 0.15) is 29.7 Å². The highest BCUT2D eigenvalue weighted by Gasteiger charge is 2.55. The maximum absolute atomic E-state index is 13.2. The van der Waals surface area contributed by atoms with Crippen molar-refractivity contribution in [2.45, 2.75) is 43.9 Å². The van der Waals surface area contributed by atoms with Gasteiger partial charge in [0.1, 0.15) is 17.0 Å². The number of anilines is 2. The van der Waals surface area contributed by atoms with E-state index in [1.165, 1.54) is 22.6 Å². The van der Waals surface area contributed by atoms with E-state index in [1.807, 2.05) is 18.2 Å². The number of nitrogens with zero attached hydrogens (tertiary/aromatic N) is 4. The van der Waals surface area contributed by atoms with Crippen LogP contribution in [0.4, 0.5) is 24.7 Å². The van der Waals surface area contributed by atoms with Crippen LogP contribution in [0.25, 0.3) is 21.1 Å². The number of alkyl halides is 3. The number of nitrogens with one attached hydrogen (secondary N) is 2. The minimum atomic E-state index is -4.68. The highest BCUT2D eigenvalue weighted by molar-refractivity contribution is 7.19. The van der Waals surface area contributed by atoms with Gasteiger partial charge in [0.25, 0.3) is 0 Å². The number of benzene rings is 1. The summed E-state index contributed by atoms with van der Waals surface area (Å²) in [5.41, 5.74) is 0.223. The first-order valence-corrected chi connectivity index (χ1v) is 12.6. The normalized spacial score (nSPS) is 20.0. The second-order valence-corrected chi connectivity index (χ2v) is 10.6. The van der Waals surface area contributed by atoms with Gasteiger partial charge >= 0.3 is 6.18 Å². The first kappa shape index (κ1) is 23.2. The molecule has 1 aliphatic carbocycles. The first-order valence-electron chi connectivity index (χ1n) is 11.8. The van der Waals surface area contributed by atoms with Crippen LogP contribution in [0.3, 0.4) is 0 Å². The van der Waals surface area contributed by atoms with E-state index in [0.29, 0.717) is 25.1 Å². The molecule has 1 amide bonds. The second kappa shape index (κ2) is 8.41. The predicted molar refractivity (Wildman–Crippen MR) is 129 cm³/mol. The minimum Gasteiger partial charge on any atom is -0.380 e. The van der Waals surface area contributed by atoms with E-state index < -0.39 is 24.6 Å². The van der Waals surface area contributed by atoms with Gasteiger partial charge in [-0.3, -0.25) is 9.89 Å². The molecule has 12 heteroatoms. The van der Waals surface area contributed by atoms with E-state index in [4.69, 9.17) is 0 Å². The van der Waals surface area contributed by atoms with Gasteiger partial charge in [-0.2, -0.15) is 18.3 Å². The highest BCUT2D eigenvalue weighted by atomic mass is 32.1. The van der Waals surface area contributed by atoms with Gasteiger partial charge < -0.3 is 15.3 Å². The number of likely N-dealkylation sites (tertiary alicyclic amines) is 1. The molecular formula is C24H23F3N6O2S. The Morgan fingerprint density at radius 2 is 2.06 bits per heavy atom. The Morgan fingerprint density at radius 3 is 2.83 bits per heavy atom. The van der Waals surface area contributed by atoms with E-state index in [2.05, 4.69) is 25.5 Å². The average molecular weight is 517 g/mol. The average Bonchev–Trinajstić information content (AvgIpc) is 3.47. The molecule has 1 saturated heterocycles. The molecule has 3 N–H and O–H groups in total. The second-order valence-electron chi connectivity index (χ2n) is 9.50. The van der Waals surface area contributed by atoms with Crippen LogP contribution in [0.15, 0.2) is 30.7 Å². The Labute approximate surface area is 207 Å². The molecule has 188 valence electrons. The Morgan fingerprint density at radius 1 is 1.25 bits per heavy atom. The molecule has 0 radical (unpaired) electrons. The molecule has 1 fully saturated rings. The molecule has 6 rings (SSSR count). The van der Waals surface area contributed by atoms with E-state index in [9.17, 15) is 23.1 Å². The molecule has 0 saturated carbocycles. The summed E-state index contributed by atoms with van der Waals surface area (Å²) in [6.45, 7) is -0.184. The monoisotopic (exact) mass is 516 g/mol. The first-order chi connectivity index (χ1) is 17.2. The molecule has 4 heterocycles. The van der Waals surface area contributed by atoms with Gasteiger partial charge in [-0.1, -0.05) is 0 Å². The number of amides is 1. The van der Waals surface area contributed by atoms with Crippen molar-refractivity contribution in [2.75, 3.05) is 18.4 Å². The number of rotatable bonds is 3. The van der Waals surface area contributed by atoms with Crippen molar-refractivity contribution in [3.63, 3.8) is 0 Å². The maximum atomic E-state index is 13.2. The van der Waals surface area contributed by atoms with Crippen molar-refractivity contribution >= 4 is 49.9 Å². The largest absolute Gasteiger partial charge is 0.417 e. The van der Waals surface area contributed by atoms with Gasteiger partial charge in [0.15, 0.2) is 5.60 Å². The quantitative estimate of drug-likeness (QED) is 0.374. The fourth-order valence-electron chi connectivity index (χ4n) is 5.21. The summed E-state index contributed by atoms with van der Waals surface area (Å²) in [6, 6.07) is 5.87. The number of thiophene rings is 1. The van der Waals surface area contributed by atoms with Crippen LogP contribution in [0.2, 0.25) is 0 Å². The molecule has 3 aromatic heterocycles. The van der Waals surface area contributed by atoms with Crippen molar-refractivity contribution in [1.82, 2.24) is 25.1 Å². The Balaban J connectivity index is 1.21. The number of hydrogen-bond acceptors (Lipinski definition) is 7. The van der Waals surface area contributed by atoms with Crippen molar-refractivity contribution in [3.05, 3.63) is 41.2 Å². The van der Waals surface area contributed by atoms with Crippen LogP contribution >= 0.6 is 11.3 Å². The molecule has 2 aliphatic rings. The molecule has 1 unspecified atom stereocenters. The van der Waals surface area contributed by atoms with Gasteiger partial charge in [-0.15, -0.1) is 11.3 Å². The molecule has 0 bridgehead atoms.